The predicted octanol–water partition coefficient (Wildman–Crippen LogP) is 26.2. The topological polar surface area (TPSA) is 129 Å². The van der Waals surface area contributed by atoms with Crippen LogP contribution in [0.4, 0.5) is 0 Å². The zero-order valence-electron chi connectivity index (χ0n) is 59.2. The molecule has 0 fully saturated rings. The minimum atomic E-state index is 0.703. The van der Waals surface area contributed by atoms with Gasteiger partial charge in [-0.05, 0) is 116 Å². The molecule has 22 rings (SSSR count). The van der Waals surface area contributed by atoms with Crippen LogP contribution in [0.5, 0.6) is 0 Å². The number of thiophene rings is 3. The van der Waals surface area contributed by atoms with Crippen LogP contribution in [0.15, 0.2) is 352 Å². The molecule has 0 spiro atoms. The molecule has 13 heteroatoms. The Hall–Kier alpha value is -14.1. The fraction of sp³-hybridized carbons (Fsp3) is 0. The van der Waals surface area contributed by atoms with Gasteiger partial charge in [-0.15, -0.1) is 34.0 Å². The largest absolute Gasteiger partial charge is 0.253 e. The maximum absolute atomic E-state index is 5.29. The van der Waals surface area contributed by atoms with Gasteiger partial charge in [-0.1, -0.05) is 285 Å². The van der Waals surface area contributed by atoms with E-state index >= 15 is 0 Å². The standard InChI is InChI=1S/C51H31N5S.C47H27N5S2/c1-2-8-32(9-3-1)33-20-26-39(27-21-33)46-42-10-4-5-11-43(42)54-50(56-46)40-28-22-37(23-29-40)35-16-14-34(15-17-35)36-18-24-38(25-19-36)41-30-31-52-47-48-51(57-49(41)47)55-45-13-7-6-12-44(45)53-48;1-2-10-28(11-3-1)29-20-22-30(23-21-29)41-45-43(36-17-5-7-19-39(36)53-45)52-46(51-41)35-16-9-14-32(25-35)31-13-8-15-34(24-31)40-44-42(49-27-48-40)37-26-33-12-4-6-18-38(33)50-47(37)54-44/h1-31H;1-27H. The molecule has 13 aromatic carbocycles. The summed E-state index contributed by atoms with van der Waals surface area (Å²) in [5.41, 5.74) is 29.1. The van der Waals surface area contributed by atoms with E-state index in [-0.39, 0.29) is 0 Å². The van der Waals surface area contributed by atoms with E-state index in [9.17, 15) is 0 Å². The number of benzene rings is 13. The van der Waals surface area contributed by atoms with Crippen molar-refractivity contribution in [3.05, 3.63) is 352 Å². The van der Waals surface area contributed by atoms with Crippen LogP contribution in [0.3, 0.4) is 0 Å². The summed E-state index contributed by atoms with van der Waals surface area (Å²) in [5, 5.41) is 4.35. The van der Waals surface area contributed by atoms with Crippen molar-refractivity contribution in [1.82, 2.24) is 49.8 Å². The number of para-hydroxylation sites is 4. The van der Waals surface area contributed by atoms with Crippen molar-refractivity contribution < 1.29 is 0 Å². The molecular weight excluding hydrogens is 1410 g/mol. The number of aromatic nitrogens is 10. The van der Waals surface area contributed by atoms with Crippen LogP contribution < -0.4 is 0 Å². The van der Waals surface area contributed by atoms with Crippen molar-refractivity contribution in [1.29, 1.82) is 0 Å². The molecule has 10 nitrogen and oxygen atoms in total. The number of rotatable bonds is 11. The highest BCUT2D eigenvalue weighted by Crippen LogP contribution is 2.44. The first-order valence-corrected chi connectivity index (χ1v) is 39.1. The van der Waals surface area contributed by atoms with Gasteiger partial charge >= 0.3 is 0 Å². The zero-order chi connectivity index (χ0) is 73.3. The van der Waals surface area contributed by atoms with Crippen molar-refractivity contribution in [2.75, 3.05) is 0 Å². The molecule has 0 aliphatic heterocycles. The Bertz CT molecular complexity index is 7350. The molecule has 22 aromatic rings. The highest BCUT2D eigenvalue weighted by atomic mass is 32.1. The predicted molar refractivity (Wildman–Crippen MR) is 462 cm³/mol. The van der Waals surface area contributed by atoms with Gasteiger partial charge in [-0.3, -0.25) is 4.98 Å². The van der Waals surface area contributed by atoms with Gasteiger partial charge in [0.25, 0.3) is 0 Å². The third-order valence-electron chi connectivity index (χ3n) is 20.6. The van der Waals surface area contributed by atoms with Crippen molar-refractivity contribution in [3.63, 3.8) is 0 Å². The Morgan fingerprint density at radius 1 is 0.207 bits per heavy atom. The van der Waals surface area contributed by atoms with Crippen LogP contribution in [-0.4, -0.2) is 49.8 Å². The van der Waals surface area contributed by atoms with E-state index in [2.05, 4.69) is 279 Å². The van der Waals surface area contributed by atoms with Crippen LogP contribution in [0.1, 0.15) is 0 Å². The second kappa shape index (κ2) is 27.6. The Kier molecular flexibility index (Phi) is 16.2. The van der Waals surface area contributed by atoms with Crippen LogP contribution in [0, 0.1) is 0 Å². The monoisotopic (exact) mass is 1470 g/mol. The summed E-state index contributed by atoms with van der Waals surface area (Å²) in [6.07, 6.45) is 3.54. The minimum Gasteiger partial charge on any atom is -0.253 e. The third kappa shape index (κ3) is 12.1. The minimum absolute atomic E-state index is 0.703. The first-order chi connectivity index (χ1) is 54.9. The molecule has 9 aromatic heterocycles. The quantitative estimate of drug-likeness (QED) is 0.123. The van der Waals surface area contributed by atoms with E-state index in [1.165, 1.54) is 27.0 Å². The molecule has 0 amide bonds. The maximum Gasteiger partial charge on any atom is 0.160 e. The van der Waals surface area contributed by atoms with E-state index in [0.29, 0.717) is 11.6 Å². The molecule has 0 aliphatic rings. The number of hydrogen-bond donors (Lipinski definition) is 0. The lowest BCUT2D eigenvalue weighted by Crippen LogP contribution is -1.95. The lowest BCUT2D eigenvalue weighted by atomic mass is 9.97. The molecule has 0 aliphatic carbocycles. The van der Waals surface area contributed by atoms with E-state index in [1.807, 2.05) is 66.9 Å². The van der Waals surface area contributed by atoms with Crippen LogP contribution in [0.25, 0.3) is 217 Å². The SMILES string of the molecule is c1ccc(-c2ccc(-c3nc(-c4ccc(-c5ccc(-c6ccc(-c7ccnc8c7sc7nc9ccccc9nc78)cc6)cc5)cc4)nc4ccccc34)cc2)cc1.c1ccc(-c2ccc(-c3nc(-c4cccc(-c5cccc(-c6ncnc7c6sc6nc8ccccc8cc67)c5)c4)nc4c3sc3ccccc34)cc2)cc1. The van der Waals surface area contributed by atoms with Crippen molar-refractivity contribution in [2.24, 2.45) is 0 Å². The normalized spacial score (nSPS) is 11.6. The molecule has 0 N–H and O–H groups in total. The molecule has 0 unspecified atom stereocenters. The summed E-state index contributed by atoms with van der Waals surface area (Å²) in [4.78, 5) is 51.5. The first-order valence-electron chi connectivity index (χ1n) is 36.6. The number of pyridine rings is 2. The van der Waals surface area contributed by atoms with Crippen LogP contribution >= 0.6 is 34.0 Å². The molecule has 0 saturated heterocycles. The Morgan fingerprint density at radius 3 is 1.34 bits per heavy atom. The average Bonchev–Trinajstić information content (AvgIpc) is 1.64. The van der Waals surface area contributed by atoms with Crippen LogP contribution in [-0.2, 0) is 0 Å². The molecule has 0 saturated carbocycles. The van der Waals surface area contributed by atoms with Gasteiger partial charge in [0.1, 0.15) is 27.0 Å². The van der Waals surface area contributed by atoms with Crippen molar-refractivity contribution in [2.45, 2.75) is 0 Å². The fourth-order valence-electron chi connectivity index (χ4n) is 15.0. The summed E-state index contributed by atoms with van der Waals surface area (Å²) < 4.78 is 4.44. The van der Waals surface area contributed by atoms with Gasteiger partial charge in [0.2, 0.25) is 0 Å². The summed E-state index contributed by atoms with van der Waals surface area (Å²) in [6, 6.07) is 119. The molecule has 9 heterocycles. The van der Waals surface area contributed by atoms with Crippen molar-refractivity contribution in [3.8, 4) is 123 Å². The maximum atomic E-state index is 5.29. The lowest BCUT2D eigenvalue weighted by molar-refractivity contribution is 1.23. The Morgan fingerprint density at radius 2 is 0.676 bits per heavy atom. The Balaban J connectivity index is 0.000000141. The number of nitrogens with zero attached hydrogens (tertiary/aromatic N) is 10. The second-order valence-corrected chi connectivity index (χ2v) is 30.5. The fourth-order valence-corrected chi connectivity index (χ4v) is 18.4. The second-order valence-electron chi connectivity index (χ2n) is 27.4. The molecule has 0 radical (unpaired) electrons. The molecule has 111 heavy (non-hydrogen) atoms. The molecule has 0 atom stereocenters. The first kappa shape index (κ1) is 65.2. The summed E-state index contributed by atoms with van der Waals surface area (Å²) in [6.45, 7) is 0. The van der Waals surface area contributed by atoms with E-state index in [4.69, 9.17) is 49.8 Å². The highest BCUT2D eigenvalue weighted by molar-refractivity contribution is 7.26. The van der Waals surface area contributed by atoms with E-state index in [0.717, 1.165) is 179 Å². The zero-order valence-corrected chi connectivity index (χ0v) is 61.6. The summed E-state index contributed by atoms with van der Waals surface area (Å²) in [5.74, 6) is 1.41. The van der Waals surface area contributed by atoms with Crippen LogP contribution in [0.2, 0.25) is 0 Å². The Labute approximate surface area is 648 Å². The smallest absolute Gasteiger partial charge is 0.160 e. The van der Waals surface area contributed by atoms with Gasteiger partial charge in [-0.2, -0.15) is 0 Å². The van der Waals surface area contributed by atoms with Gasteiger partial charge < -0.3 is 0 Å². The highest BCUT2D eigenvalue weighted by Gasteiger charge is 2.22. The summed E-state index contributed by atoms with van der Waals surface area (Å²) in [7, 11) is 0. The van der Waals surface area contributed by atoms with Gasteiger partial charge in [0, 0.05) is 65.8 Å². The van der Waals surface area contributed by atoms with Gasteiger partial charge in [-0.25, -0.2) is 44.9 Å². The van der Waals surface area contributed by atoms with E-state index in [1.54, 1.807) is 40.3 Å². The summed E-state index contributed by atoms with van der Waals surface area (Å²) >= 11 is 5.05. The average molecular weight is 1470 g/mol. The van der Waals surface area contributed by atoms with E-state index < -0.39 is 0 Å². The van der Waals surface area contributed by atoms with Gasteiger partial charge in [0.05, 0.1) is 64.3 Å². The molecule has 518 valence electrons. The molecule has 0 bridgehead atoms. The molecular formula is C98H58N10S3. The number of fused-ring (bicyclic) bond motifs is 12. The number of hydrogen-bond acceptors (Lipinski definition) is 13. The van der Waals surface area contributed by atoms with Gasteiger partial charge in [0.15, 0.2) is 11.6 Å². The van der Waals surface area contributed by atoms with Crippen molar-refractivity contribution >= 4 is 128 Å². The lowest BCUT2D eigenvalue weighted by Gasteiger charge is -2.11. The third-order valence-corrected chi connectivity index (χ3v) is 24.0.